The second kappa shape index (κ2) is 5.50. The summed E-state index contributed by atoms with van der Waals surface area (Å²) < 4.78 is 37.8. The number of hydrogen-bond donors (Lipinski definition) is 1. The SMILES string of the molecule is NCC(c1ccccc1)S(=O)(=O)c1ccc(F)cc1. The molecule has 100 valence electrons. The third-order valence-corrected chi connectivity index (χ3v) is 5.05. The van der Waals surface area contributed by atoms with Gasteiger partial charge in [-0.25, -0.2) is 12.8 Å². The van der Waals surface area contributed by atoms with Gasteiger partial charge in [-0.05, 0) is 29.8 Å². The largest absolute Gasteiger partial charge is 0.329 e. The van der Waals surface area contributed by atoms with Gasteiger partial charge < -0.3 is 5.73 Å². The normalized spacial score (nSPS) is 13.2. The molecule has 1 unspecified atom stereocenters. The molecule has 5 heteroatoms. The first kappa shape index (κ1) is 13.7. The van der Waals surface area contributed by atoms with E-state index >= 15 is 0 Å². The van der Waals surface area contributed by atoms with Crippen molar-refractivity contribution in [1.82, 2.24) is 0 Å². The van der Waals surface area contributed by atoms with E-state index in [2.05, 4.69) is 0 Å². The summed E-state index contributed by atoms with van der Waals surface area (Å²) in [6.45, 7) is -0.0241. The van der Waals surface area contributed by atoms with Crippen LogP contribution in [0, 0.1) is 5.82 Å². The van der Waals surface area contributed by atoms with Crippen molar-refractivity contribution in [1.29, 1.82) is 0 Å². The van der Waals surface area contributed by atoms with Crippen molar-refractivity contribution < 1.29 is 12.8 Å². The van der Waals surface area contributed by atoms with Crippen molar-refractivity contribution in [2.24, 2.45) is 5.73 Å². The molecule has 0 saturated heterocycles. The molecule has 2 rings (SSSR count). The number of sulfone groups is 1. The van der Waals surface area contributed by atoms with Crippen LogP contribution in [0.4, 0.5) is 4.39 Å². The molecule has 2 aromatic carbocycles. The summed E-state index contributed by atoms with van der Waals surface area (Å²) >= 11 is 0. The molecule has 0 aromatic heterocycles. The Balaban J connectivity index is 2.45. The predicted octanol–water partition coefficient (Wildman–Crippen LogP) is 2.30. The molecule has 2 aromatic rings. The molecule has 0 aliphatic carbocycles. The quantitative estimate of drug-likeness (QED) is 0.874. The minimum atomic E-state index is -3.61. The highest BCUT2D eigenvalue weighted by Crippen LogP contribution is 2.27. The van der Waals surface area contributed by atoms with Crippen LogP contribution in [-0.2, 0) is 9.84 Å². The van der Waals surface area contributed by atoms with E-state index in [-0.39, 0.29) is 11.4 Å². The van der Waals surface area contributed by atoms with Crippen molar-refractivity contribution in [3.05, 3.63) is 66.0 Å². The number of nitrogens with two attached hydrogens (primary N) is 1. The first-order chi connectivity index (χ1) is 9.05. The molecule has 1 atom stereocenters. The molecule has 0 aliphatic rings. The molecule has 0 aliphatic heterocycles. The minimum absolute atomic E-state index is 0.0241. The van der Waals surface area contributed by atoms with E-state index in [1.165, 1.54) is 12.1 Å². The van der Waals surface area contributed by atoms with Crippen LogP contribution in [0.1, 0.15) is 10.8 Å². The summed E-state index contributed by atoms with van der Waals surface area (Å²) in [5.74, 6) is -0.469. The summed E-state index contributed by atoms with van der Waals surface area (Å²) in [6.07, 6.45) is 0. The van der Waals surface area contributed by atoms with Gasteiger partial charge in [0.1, 0.15) is 11.1 Å². The molecule has 0 radical (unpaired) electrons. The summed E-state index contributed by atoms with van der Waals surface area (Å²) in [4.78, 5) is 0.0770. The Hall–Kier alpha value is -1.72. The Morgan fingerprint density at radius 1 is 1.00 bits per heavy atom. The van der Waals surface area contributed by atoms with Crippen LogP contribution in [0.15, 0.2) is 59.5 Å². The Morgan fingerprint density at radius 2 is 1.58 bits per heavy atom. The molecule has 0 fully saturated rings. The van der Waals surface area contributed by atoms with Gasteiger partial charge in [0, 0.05) is 6.54 Å². The van der Waals surface area contributed by atoms with Crippen molar-refractivity contribution in [3.8, 4) is 0 Å². The van der Waals surface area contributed by atoms with Crippen LogP contribution in [0.25, 0.3) is 0 Å². The van der Waals surface area contributed by atoms with E-state index < -0.39 is 20.9 Å². The highest BCUT2D eigenvalue weighted by atomic mass is 32.2. The molecule has 0 amide bonds. The zero-order valence-electron chi connectivity index (χ0n) is 10.2. The standard InChI is InChI=1S/C14H14FNO2S/c15-12-6-8-13(9-7-12)19(17,18)14(10-16)11-4-2-1-3-5-11/h1-9,14H,10,16H2. The summed E-state index contributed by atoms with van der Waals surface area (Å²) in [5.41, 5.74) is 6.24. The third kappa shape index (κ3) is 2.83. The smallest absolute Gasteiger partial charge is 0.186 e. The number of hydrogen-bond acceptors (Lipinski definition) is 3. The Labute approximate surface area is 111 Å². The highest BCUT2D eigenvalue weighted by Gasteiger charge is 2.27. The van der Waals surface area contributed by atoms with Gasteiger partial charge in [-0.15, -0.1) is 0 Å². The van der Waals surface area contributed by atoms with Crippen LogP contribution in [0.3, 0.4) is 0 Å². The molecule has 2 N–H and O–H groups in total. The van der Waals surface area contributed by atoms with E-state index in [9.17, 15) is 12.8 Å². The third-order valence-electron chi connectivity index (χ3n) is 2.90. The molecular formula is C14H14FNO2S. The maximum Gasteiger partial charge on any atom is 0.186 e. The van der Waals surface area contributed by atoms with Gasteiger partial charge in [0.2, 0.25) is 0 Å². The Bertz CT molecular complexity index is 639. The summed E-state index contributed by atoms with van der Waals surface area (Å²) in [7, 11) is -3.61. The molecular weight excluding hydrogens is 265 g/mol. The first-order valence-corrected chi connectivity index (χ1v) is 7.35. The average Bonchev–Trinajstić information content (AvgIpc) is 2.41. The van der Waals surface area contributed by atoms with E-state index in [1.54, 1.807) is 24.3 Å². The topological polar surface area (TPSA) is 60.2 Å². The molecule has 3 nitrogen and oxygen atoms in total. The van der Waals surface area contributed by atoms with Gasteiger partial charge >= 0.3 is 0 Å². The number of halogens is 1. The summed E-state index contributed by atoms with van der Waals surface area (Å²) in [6, 6.07) is 13.6. The fourth-order valence-electron chi connectivity index (χ4n) is 1.90. The van der Waals surface area contributed by atoms with Crippen LogP contribution >= 0.6 is 0 Å². The van der Waals surface area contributed by atoms with Crippen molar-refractivity contribution in [2.45, 2.75) is 10.1 Å². The maximum absolute atomic E-state index is 12.9. The molecule has 0 bridgehead atoms. The van der Waals surface area contributed by atoms with Gasteiger partial charge in [-0.2, -0.15) is 0 Å². The fraction of sp³-hybridized carbons (Fsp3) is 0.143. The second-order valence-corrected chi connectivity index (χ2v) is 6.26. The average molecular weight is 279 g/mol. The number of rotatable bonds is 4. The molecule has 0 heterocycles. The minimum Gasteiger partial charge on any atom is -0.329 e. The van der Waals surface area contributed by atoms with Gasteiger partial charge in [0.05, 0.1) is 4.90 Å². The van der Waals surface area contributed by atoms with Crippen molar-refractivity contribution in [2.75, 3.05) is 6.54 Å². The van der Waals surface area contributed by atoms with Gasteiger partial charge in [-0.3, -0.25) is 0 Å². The molecule has 0 saturated carbocycles. The van der Waals surface area contributed by atoms with Crippen molar-refractivity contribution >= 4 is 9.84 Å². The lowest BCUT2D eigenvalue weighted by Gasteiger charge is -2.16. The second-order valence-electron chi connectivity index (χ2n) is 4.13. The summed E-state index contributed by atoms with van der Waals surface area (Å²) in [5, 5.41) is -0.820. The number of benzene rings is 2. The molecule has 0 spiro atoms. The van der Waals surface area contributed by atoms with Gasteiger partial charge in [0.25, 0.3) is 0 Å². The van der Waals surface area contributed by atoms with E-state index in [0.29, 0.717) is 5.56 Å². The van der Waals surface area contributed by atoms with E-state index in [0.717, 1.165) is 12.1 Å². The van der Waals surface area contributed by atoms with Gasteiger partial charge in [0.15, 0.2) is 9.84 Å². The van der Waals surface area contributed by atoms with Crippen LogP contribution in [0.2, 0.25) is 0 Å². The highest BCUT2D eigenvalue weighted by molar-refractivity contribution is 7.91. The lowest BCUT2D eigenvalue weighted by Crippen LogP contribution is -2.22. The van der Waals surface area contributed by atoms with Crippen LogP contribution in [-0.4, -0.2) is 15.0 Å². The van der Waals surface area contributed by atoms with Crippen LogP contribution < -0.4 is 5.73 Å². The van der Waals surface area contributed by atoms with Crippen molar-refractivity contribution in [3.63, 3.8) is 0 Å². The zero-order valence-corrected chi connectivity index (χ0v) is 11.0. The van der Waals surface area contributed by atoms with Gasteiger partial charge in [-0.1, -0.05) is 30.3 Å². The lowest BCUT2D eigenvalue weighted by atomic mass is 10.1. The van der Waals surface area contributed by atoms with E-state index in [1.807, 2.05) is 6.07 Å². The Kier molecular flexibility index (Phi) is 3.97. The maximum atomic E-state index is 12.9. The Morgan fingerprint density at radius 3 is 2.11 bits per heavy atom. The van der Waals surface area contributed by atoms with E-state index in [4.69, 9.17) is 5.73 Å². The predicted molar refractivity (Wildman–Crippen MR) is 71.8 cm³/mol. The first-order valence-electron chi connectivity index (χ1n) is 5.80. The monoisotopic (exact) mass is 279 g/mol. The fourth-order valence-corrected chi connectivity index (χ4v) is 3.51. The zero-order chi connectivity index (χ0) is 13.9. The lowest BCUT2D eigenvalue weighted by molar-refractivity contribution is 0.581. The van der Waals surface area contributed by atoms with Crippen LogP contribution in [0.5, 0.6) is 0 Å². The molecule has 19 heavy (non-hydrogen) atoms.